The smallest absolute Gasteiger partial charge is 0.416 e. The molecule has 0 saturated carbocycles. The molecule has 0 saturated heterocycles. The molecule has 0 aliphatic rings. The summed E-state index contributed by atoms with van der Waals surface area (Å²) in [4.78, 5) is 0. The van der Waals surface area contributed by atoms with Gasteiger partial charge in [0.25, 0.3) is 0 Å². The van der Waals surface area contributed by atoms with Crippen molar-refractivity contribution >= 4 is 0 Å². The number of furan rings is 1. The summed E-state index contributed by atoms with van der Waals surface area (Å²) in [5.74, 6) is 0.996. The van der Waals surface area contributed by atoms with E-state index in [1.807, 2.05) is 13.0 Å². The minimum Gasteiger partial charge on any atom is -0.486 e. The molecule has 0 unspecified atom stereocenters. The van der Waals surface area contributed by atoms with Crippen molar-refractivity contribution in [1.82, 2.24) is 5.32 Å². The van der Waals surface area contributed by atoms with E-state index in [1.165, 1.54) is 12.1 Å². The fourth-order valence-corrected chi connectivity index (χ4v) is 1.76. The lowest BCUT2D eigenvalue weighted by Gasteiger charge is -2.08. The van der Waals surface area contributed by atoms with Gasteiger partial charge in [-0.3, -0.25) is 0 Å². The molecule has 0 aliphatic carbocycles. The summed E-state index contributed by atoms with van der Waals surface area (Å²) < 4.78 is 48.0. The molecular weight excluding hydrogens is 283 g/mol. The van der Waals surface area contributed by atoms with E-state index in [0.29, 0.717) is 18.1 Å². The van der Waals surface area contributed by atoms with E-state index in [0.717, 1.165) is 24.2 Å². The maximum atomic E-state index is 12.4. The molecule has 0 amide bonds. The van der Waals surface area contributed by atoms with Gasteiger partial charge in [-0.1, -0.05) is 6.92 Å². The highest BCUT2D eigenvalue weighted by atomic mass is 19.4. The van der Waals surface area contributed by atoms with Gasteiger partial charge in [0, 0.05) is 12.1 Å². The zero-order chi connectivity index (χ0) is 15.3. The number of ether oxygens (including phenoxy) is 1. The van der Waals surface area contributed by atoms with E-state index in [9.17, 15) is 13.2 Å². The maximum absolute atomic E-state index is 12.4. The average molecular weight is 299 g/mol. The molecule has 2 rings (SSSR count). The number of alkyl halides is 3. The molecule has 6 heteroatoms. The van der Waals surface area contributed by atoms with Crippen molar-refractivity contribution in [2.75, 3.05) is 6.54 Å². The van der Waals surface area contributed by atoms with Crippen LogP contribution in [-0.4, -0.2) is 6.54 Å². The van der Waals surface area contributed by atoms with Crippen LogP contribution in [0.25, 0.3) is 0 Å². The van der Waals surface area contributed by atoms with Crippen LogP contribution in [0.1, 0.15) is 23.8 Å². The lowest BCUT2D eigenvalue weighted by molar-refractivity contribution is -0.137. The third-order valence-corrected chi connectivity index (χ3v) is 2.85. The van der Waals surface area contributed by atoms with Crippen LogP contribution in [0.15, 0.2) is 41.0 Å². The predicted octanol–water partition coefficient (Wildman–Crippen LogP) is 3.99. The van der Waals surface area contributed by atoms with Gasteiger partial charge in [0.15, 0.2) is 0 Å². The minimum absolute atomic E-state index is 0.178. The van der Waals surface area contributed by atoms with Crippen molar-refractivity contribution in [3.8, 4) is 5.75 Å². The highest BCUT2D eigenvalue weighted by molar-refractivity contribution is 5.29. The van der Waals surface area contributed by atoms with Gasteiger partial charge in [-0.05, 0) is 36.9 Å². The fraction of sp³-hybridized carbons (Fsp3) is 0.333. The van der Waals surface area contributed by atoms with Crippen LogP contribution >= 0.6 is 0 Å². The van der Waals surface area contributed by atoms with Gasteiger partial charge < -0.3 is 14.5 Å². The van der Waals surface area contributed by atoms with Gasteiger partial charge in [-0.2, -0.15) is 13.2 Å². The lowest BCUT2D eigenvalue weighted by Crippen LogP contribution is -2.10. The van der Waals surface area contributed by atoms with Crippen LogP contribution in [0, 0.1) is 0 Å². The van der Waals surface area contributed by atoms with Crippen LogP contribution in [0.5, 0.6) is 5.75 Å². The largest absolute Gasteiger partial charge is 0.486 e. The van der Waals surface area contributed by atoms with E-state index in [1.54, 1.807) is 6.26 Å². The van der Waals surface area contributed by atoms with Crippen LogP contribution in [-0.2, 0) is 19.3 Å². The third-order valence-electron chi connectivity index (χ3n) is 2.85. The second kappa shape index (κ2) is 6.67. The summed E-state index contributed by atoms with van der Waals surface area (Å²) in [5, 5.41) is 3.16. The van der Waals surface area contributed by atoms with Gasteiger partial charge in [-0.15, -0.1) is 0 Å². The zero-order valence-electron chi connectivity index (χ0n) is 11.5. The number of nitrogens with one attached hydrogen (secondary N) is 1. The molecule has 21 heavy (non-hydrogen) atoms. The van der Waals surface area contributed by atoms with Gasteiger partial charge >= 0.3 is 6.18 Å². The predicted molar refractivity (Wildman–Crippen MR) is 71.9 cm³/mol. The van der Waals surface area contributed by atoms with E-state index >= 15 is 0 Å². The Balaban J connectivity index is 1.89. The highest BCUT2D eigenvalue weighted by Crippen LogP contribution is 2.30. The first-order valence-electron chi connectivity index (χ1n) is 6.56. The van der Waals surface area contributed by atoms with Crippen molar-refractivity contribution in [3.63, 3.8) is 0 Å². The molecule has 3 nitrogen and oxygen atoms in total. The molecule has 1 aromatic carbocycles. The first kappa shape index (κ1) is 15.4. The lowest BCUT2D eigenvalue weighted by atomic mass is 10.2. The number of rotatable bonds is 6. The normalized spacial score (nSPS) is 11.6. The molecule has 0 aliphatic heterocycles. The minimum atomic E-state index is -4.33. The Hall–Kier alpha value is -1.95. The zero-order valence-corrected chi connectivity index (χ0v) is 11.5. The Kier molecular flexibility index (Phi) is 4.90. The monoisotopic (exact) mass is 299 g/mol. The van der Waals surface area contributed by atoms with Gasteiger partial charge in [0.1, 0.15) is 18.1 Å². The number of benzene rings is 1. The molecule has 1 heterocycles. The Morgan fingerprint density at radius 3 is 2.52 bits per heavy atom. The van der Waals surface area contributed by atoms with Crippen molar-refractivity contribution in [3.05, 3.63) is 53.5 Å². The SMILES string of the molecule is CCNCc1coc(COc2ccc(C(F)(F)F)cc2)c1. The Bertz CT molecular complexity index is 561. The molecule has 0 atom stereocenters. The number of halogens is 3. The summed E-state index contributed by atoms with van der Waals surface area (Å²) in [5.41, 5.74) is 0.309. The van der Waals surface area contributed by atoms with Crippen LogP contribution in [0.3, 0.4) is 0 Å². The fourth-order valence-electron chi connectivity index (χ4n) is 1.76. The quantitative estimate of drug-likeness (QED) is 0.876. The third kappa shape index (κ3) is 4.53. The van der Waals surface area contributed by atoms with Crippen LogP contribution < -0.4 is 10.1 Å². The number of hydrogen-bond donors (Lipinski definition) is 1. The van der Waals surface area contributed by atoms with Crippen LogP contribution in [0.2, 0.25) is 0 Å². The topological polar surface area (TPSA) is 34.4 Å². The molecule has 0 radical (unpaired) electrons. The van der Waals surface area contributed by atoms with Crippen LogP contribution in [0.4, 0.5) is 13.2 Å². The molecule has 1 aromatic heterocycles. The van der Waals surface area contributed by atoms with Gasteiger partial charge in [0.2, 0.25) is 0 Å². The molecule has 2 aromatic rings. The van der Waals surface area contributed by atoms with Crippen molar-refractivity contribution in [2.45, 2.75) is 26.3 Å². The molecule has 114 valence electrons. The molecule has 1 N–H and O–H groups in total. The van der Waals surface area contributed by atoms with E-state index in [-0.39, 0.29) is 6.61 Å². The summed E-state index contributed by atoms with van der Waals surface area (Å²) in [6.07, 6.45) is -2.70. The van der Waals surface area contributed by atoms with E-state index in [4.69, 9.17) is 9.15 Å². The van der Waals surface area contributed by atoms with E-state index < -0.39 is 11.7 Å². The van der Waals surface area contributed by atoms with E-state index in [2.05, 4.69) is 5.32 Å². The highest BCUT2D eigenvalue weighted by Gasteiger charge is 2.29. The number of hydrogen-bond acceptors (Lipinski definition) is 3. The average Bonchev–Trinajstić information content (AvgIpc) is 2.90. The Morgan fingerprint density at radius 1 is 1.19 bits per heavy atom. The molecule has 0 bridgehead atoms. The summed E-state index contributed by atoms with van der Waals surface area (Å²) in [6.45, 7) is 3.76. The first-order chi connectivity index (χ1) is 9.99. The first-order valence-corrected chi connectivity index (χ1v) is 6.56. The molecule has 0 spiro atoms. The standard InChI is InChI=1S/C15H16F3NO2/c1-2-19-8-11-7-14(20-9-11)10-21-13-5-3-12(4-6-13)15(16,17)18/h3-7,9,19H,2,8,10H2,1H3. The Labute approximate surface area is 120 Å². The maximum Gasteiger partial charge on any atom is 0.416 e. The molecule has 0 fully saturated rings. The second-order valence-electron chi connectivity index (χ2n) is 4.51. The second-order valence-corrected chi connectivity index (χ2v) is 4.51. The Morgan fingerprint density at radius 2 is 1.90 bits per heavy atom. The van der Waals surface area contributed by atoms with Crippen molar-refractivity contribution in [1.29, 1.82) is 0 Å². The summed E-state index contributed by atoms with van der Waals surface area (Å²) in [7, 11) is 0. The summed E-state index contributed by atoms with van der Waals surface area (Å²) >= 11 is 0. The summed E-state index contributed by atoms with van der Waals surface area (Å²) in [6, 6.07) is 6.44. The van der Waals surface area contributed by atoms with Crippen molar-refractivity contribution < 1.29 is 22.3 Å². The van der Waals surface area contributed by atoms with Gasteiger partial charge in [0.05, 0.1) is 11.8 Å². The molecular formula is C15H16F3NO2. The van der Waals surface area contributed by atoms with Gasteiger partial charge in [-0.25, -0.2) is 0 Å². The van der Waals surface area contributed by atoms with Crippen molar-refractivity contribution in [2.24, 2.45) is 0 Å².